The van der Waals surface area contributed by atoms with Crippen molar-refractivity contribution in [3.63, 3.8) is 0 Å². The second kappa shape index (κ2) is 8.49. The van der Waals surface area contributed by atoms with Gasteiger partial charge in [-0.25, -0.2) is 4.39 Å². The summed E-state index contributed by atoms with van der Waals surface area (Å²) in [5, 5.41) is 6.96. The summed E-state index contributed by atoms with van der Waals surface area (Å²) in [6, 6.07) is 13.7. The van der Waals surface area contributed by atoms with Gasteiger partial charge in [0.15, 0.2) is 6.61 Å². The van der Waals surface area contributed by atoms with Crippen molar-refractivity contribution in [1.82, 2.24) is 15.1 Å². The van der Waals surface area contributed by atoms with Gasteiger partial charge in [-0.15, -0.1) is 0 Å². The van der Waals surface area contributed by atoms with Crippen LogP contribution in [0, 0.1) is 5.82 Å². The van der Waals surface area contributed by atoms with Gasteiger partial charge in [0.25, 0.3) is 5.91 Å². The Labute approximate surface area is 155 Å². The normalized spacial score (nSPS) is 10.5. The molecule has 0 unspecified atom stereocenters. The van der Waals surface area contributed by atoms with Gasteiger partial charge in [0.1, 0.15) is 11.6 Å². The monoisotopic (exact) mass is 373 g/mol. The van der Waals surface area contributed by atoms with Crippen molar-refractivity contribution in [2.45, 2.75) is 13.1 Å². The molecular weight excluding hydrogens is 357 g/mol. The van der Waals surface area contributed by atoms with E-state index in [1.54, 1.807) is 6.20 Å². The van der Waals surface area contributed by atoms with E-state index in [0.717, 1.165) is 11.1 Å². The second-order valence-electron chi connectivity index (χ2n) is 5.61. The van der Waals surface area contributed by atoms with Crippen molar-refractivity contribution < 1.29 is 13.9 Å². The van der Waals surface area contributed by atoms with Crippen LogP contribution in [0.5, 0.6) is 5.75 Å². The van der Waals surface area contributed by atoms with E-state index in [4.69, 9.17) is 16.3 Å². The van der Waals surface area contributed by atoms with E-state index in [1.165, 1.54) is 18.2 Å². The number of nitrogens with zero attached hydrogens (tertiary/aromatic N) is 2. The van der Waals surface area contributed by atoms with E-state index >= 15 is 0 Å². The molecular formula is C19H17ClFN3O2. The molecule has 0 radical (unpaired) electrons. The lowest BCUT2D eigenvalue weighted by atomic mass is 10.1. The Morgan fingerprint density at radius 2 is 2.00 bits per heavy atom. The predicted molar refractivity (Wildman–Crippen MR) is 96.5 cm³/mol. The van der Waals surface area contributed by atoms with Crippen LogP contribution in [0.2, 0.25) is 5.02 Å². The zero-order valence-corrected chi connectivity index (χ0v) is 14.6. The van der Waals surface area contributed by atoms with Crippen LogP contribution in [-0.2, 0) is 17.9 Å². The third-order valence-corrected chi connectivity index (χ3v) is 4.04. The molecule has 0 aliphatic heterocycles. The minimum Gasteiger partial charge on any atom is -0.484 e. The van der Waals surface area contributed by atoms with Crippen LogP contribution in [0.3, 0.4) is 0 Å². The number of ether oxygens (including phenoxy) is 1. The first-order valence-corrected chi connectivity index (χ1v) is 8.38. The number of rotatable bonds is 7. The Hall–Kier alpha value is -2.86. The maximum absolute atomic E-state index is 13.1. The number of benzene rings is 2. The van der Waals surface area contributed by atoms with E-state index < -0.39 is 5.82 Å². The molecule has 0 bridgehead atoms. The standard InChI is InChI=1S/C19H17ClFN3O2/c20-17-10-16(6-7-18(17)21)26-13-19(25)22-11-14-4-1-2-5-15(14)12-24-9-3-8-23-24/h1-10H,11-13H2,(H,22,25). The van der Waals surface area contributed by atoms with Crippen LogP contribution in [0.25, 0.3) is 0 Å². The maximum Gasteiger partial charge on any atom is 0.258 e. The molecule has 0 aliphatic carbocycles. The number of nitrogens with one attached hydrogen (secondary N) is 1. The van der Waals surface area contributed by atoms with E-state index in [9.17, 15) is 9.18 Å². The molecule has 1 heterocycles. The van der Waals surface area contributed by atoms with E-state index in [0.29, 0.717) is 18.8 Å². The van der Waals surface area contributed by atoms with Gasteiger partial charge in [-0.1, -0.05) is 35.9 Å². The molecule has 2 aromatic carbocycles. The summed E-state index contributed by atoms with van der Waals surface area (Å²) in [6.07, 6.45) is 3.61. The SMILES string of the molecule is O=C(COc1ccc(F)c(Cl)c1)NCc1ccccc1Cn1cccn1. The van der Waals surface area contributed by atoms with Crippen molar-refractivity contribution in [2.75, 3.05) is 6.61 Å². The number of amides is 1. The van der Waals surface area contributed by atoms with E-state index in [2.05, 4.69) is 10.4 Å². The molecule has 0 spiro atoms. The lowest BCUT2D eigenvalue weighted by Crippen LogP contribution is -2.28. The predicted octanol–water partition coefficient (Wildman–Crippen LogP) is 3.42. The smallest absolute Gasteiger partial charge is 0.258 e. The molecule has 1 N–H and O–H groups in total. The summed E-state index contributed by atoms with van der Waals surface area (Å²) >= 11 is 5.68. The quantitative estimate of drug-likeness (QED) is 0.690. The first-order chi connectivity index (χ1) is 12.6. The summed E-state index contributed by atoms with van der Waals surface area (Å²) < 4.78 is 20.3. The zero-order chi connectivity index (χ0) is 18.4. The van der Waals surface area contributed by atoms with E-state index in [-0.39, 0.29) is 17.5 Å². The van der Waals surface area contributed by atoms with Crippen molar-refractivity contribution in [3.05, 3.63) is 82.9 Å². The van der Waals surface area contributed by atoms with E-state index in [1.807, 2.05) is 41.2 Å². The molecule has 0 saturated carbocycles. The largest absolute Gasteiger partial charge is 0.484 e. The summed E-state index contributed by atoms with van der Waals surface area (Å²) in [6.45, 7) is 0.830. The molecule has 1 amide bonds. The van der Waals surface area contributed by atoms with Gasteiger partial charge in [0, 0.05) is 25.0 Å². The first-order valence-electron chi connectivity index (χ1n) is 8.00. The number of carbonyl (C=O) groups excluding carboxylic acids is 1. The third-order valence-electron chi connectivity index (χ3n) is 3.75. The van der Waals surface area contributed by atoms with Gasteiger partial charge in [-0.2, -0.15) is 5.10 Å². The Balaban J connectivity index is 1.53. The lowest BCUT2D eigenvalue weighted by Gasteiger charge is -2.11. The van der Waals surface area contributed by atoms with Crippen molar-refractivity contribution in [3.8, 4) is 5.75 Å². The third kappa shape index (κ3) is 4.83. The number of halogens is 2. The topological polar surface area (TPSA) is 56.1 Å². The van der Waals surface area contributed by atoms with Crippen LogP contribution < -0.4 is 10.1 Å². The van der Waals surface area contributed by atoms with Crippen LogP contribution in [0.15, 0.2) is 60.9 Å². The number of carbonyl (C=O) groups is 1. The van der Waals surface area contributed by atoms with Gasteiger partial charge >= 0.3 is 0 Å². The highest BCUT2D eigenvalue weighted by molar-refractivity contribution is 6.30. The zero-order valence-electron chi connectivity index (χ0n) is 13.9. The highest BCUT2D eigenvalue weighted by atomic mass is 35.5. The summed E-state index contributed by atoms with van der Waals surface area (Å²) in [5.41, 5.74) is 2.07. The molecule has 3 aromatic rings. The highest BCUT2D eigenvalue weighted by Crippen LogP contribution is 2.20. The molecule has 134 valence electrons. The fourth-order valence-electron chi connectivity index (χ4n) is 2.41. The molecule has 26 heavy (non-hydrogen) atoms. The molecule has 0 fully saturated rings. The maximum atomic E-state index is 13.1. The second-order valence-corrected chi connectivity index (χ2v) is 6.02. The van der Waals surface area contributed by atoms with Crippen LogP contribution in [0.1, 0.15) is 11.1 Å². The fraction of sp³-hybridized carbons (Fsp3) is 0.158. The molecule has 3 rings (SSSR count). The van der Waals surface area contributed by atoms with Crippen LogP contribution in [0.4, 0.5) is 4.39 Å². The van der Waals surface area contributed by atoms with Crippen LogP contribution >= 0.6 is 11.6 Å². The Morgan fingerprint density at radius 3 is 2.73 bits per heavy atom. The minimum atomic E-state index is -0.530. The number of hydrogen-bond donors (Lipinski definition) is 1. The van der Waals surface area contributed by atoms with Crippen molar-refractivity contribution in [1.29, 1.82) is 0 Å². The van der Waals surface area contributed by atoms with Crippen molar-refractivity contribution >= 4 is 17.5 Å². The molecule has 0 saturated heterocycles. The summed E-state index contributed by atoms with van der Waals surface area (Å²) in [4.78, 5) is 12.0. The van der Waals surface area contributed by atoms with Gasteiger partial charge in [0.05, 0.1) is 11.6 Å². The Kier molecular flexibility index (Phi) is 5.86. The average Bonchev–Trinajstić information content (AvgIpc) is 3.15. The average molecular weight is 374 g/mol. The molecule has 0 atom stereocenters. The molecule has 1 aromatic heterocycles. The van der Waals surface area contributed by atoms with Crippen LogP contribution in [-0.4, -0.2) is 22.3 Å². The lowest BCUT2D eigenvalue weighted by molar-refractivity contribution is -0.123. The van der Waals surface area contributed by atoms with Gasteiger partial charge in [0.2, 0.25) is 0 Å². The minimum absolute atomic E-state index is 0.0459. The summed E-state index contributed by atoms with van der Waals surface area (Å²) in [5.74, 6) is -0.470. The van der Waals surface area contributed by atoms with Gasteiger partial charge in [-0.05, 0) is 29.3 Å². The fourth-order valence-corrected chi connectivity index (χ4v) is 2.58. The molecule has 5 nitrogen and oxygen atoms in total. The Bertz CT molecular complexity index is 884. The molecule has 0 aliphatic rings. The van der Waals surface area contributed by atoms with Gasteiger partial charge < -0.3 is 10.1 Å². The number of hydrogen-bond acceptors (Lipinski definition) is 3. The van der Waals surface area contributed by atoms with Gasteiger partial charge in [-0.3, -0.25) is 9.48 Å². The molecule has 7 heteroatoms. The number of aromatic nitrogens is 2. The van der Waals surface area contributed by atoms with Crippen molar-refractivity contribution in [2.24, 2.45) is 0 Å². The first kappa shape index (κ1) is 17.9. The highest BCUT2D eigenvalue weighted by Gasteiger charge is 2.08. The summed E-state index contributed by atoms with van der Waals surface area (Å²) in [7, 11) is 0. The Morgan fingerprint density at radius 1 is 1.19 bits per heavy atom.